The zero-order valence-electron chi connectivity index (χ0n) is 12.5. The van der Waals surface area contributed by atoms with Crippen LogP contribution in [0.5, 0.6) is 0 Å². The van der Waals surface area contributed by atoms with Gasteiger partial charge in [-0.15, -0.1) is 0 Å². The van der Waals surface area contributed by atoms with Crippen LogP contribution in [-0.4, -0.2) is 11.1 Å². The average molecular weight is 292 g/mol. The van der Waals surface area contributed by atoms with Gasteiger partial charge in [-0.1, -0.05) is 18.2 Å². The maximum absolute atomic E-state index is 10.8. The molecule has 0 aliphatic carbocycles. The lowest BCUT2D eigenvalue weighted by Gasteiger charge is -1.97. The summed E-state index contributed by atoms with van der Waals surface area (Å²) >= 11 is 0. The molecule has 0 fully saturated rings. The Labute approximate surface area is 128 Å². The van der Waals surface area contributed by atoms with E-state index in [-0.39, 0.29) is 5.56 Å². The number of fused-ring (bicyclic) bond motifs is 1. The Balaban J connectivity index is 1.87. The van der Waals surface area contributed by atoms with E-state index in [0.29, 0.717) is 0 Å². The topological polar surface area (TPSA) is 50.4 Å². The predicted molar refractivity (Wildman–Crippen MR) is 88.0 cm³/mol. The highest BCUT2D eigenvalue weighted by Crippen LogP contribution is 2.24. The lowest BCUT2D eigenvalue weighted by Crippen LogP contribution is -1.94. The number of rotatable bonds is 3. The van der Waals surface area contributed by atoms with Crippen LogP contribution in [0.25, 0.3) is 23.1 Å². The summed E-state index contributed by atoms with van der Waals surface area (Å²) in [6.07, 6.45) is 3.80. The van der Waals surface area contributed by atoms with E-state index in [2.05, 4.69) is 19.9 Å². The van der Waals surface area contributed by atoms with Crippen LogP contribution in [0.2, 0.25) is 0 Å². The summed E-state index contributed by atoms with van der Waals surface area (Å²) in [5, 5.41) is 9.96. The number of aromatic carboxylic acids is 1. The minimum atomic E-state index is -0.918. The van der Waals surface area contributed by atoms with Crippen LogP contribution in [-0.2, 0) is 0 Å². The van der Waals surface area contributed by atoms with Crippen molar-refractivity contribution in [2.24, 2.45) is 0 Å². The van der Waals surface area contributed by atoms with Crippen LogP contribution in [0, 0.1) is 13.8 Å². The van der Waals surface area contributed by atoms with Crippen LogP contribution in [0.1, 0.15) is 32.8 Å². The summed E-state index contributed by atoms with van der Waals surface area (Å²) in [7, 11) is 0. The minimum Gasteiger partial charge on any atom is -0.478 e. The third-order valence-corrected chi connectivity index (χ3v) is 3.75. The number of aryl methyl sites for hydroxylation is 2. The molecule has 0 radical (unpaired) electrons. The van der Waals surface area contributed by atoms with E-state index in [1.807, 2.05) is 24.3 Å². The van der Waals surface area contributed by atoms with Gasteiger partial charge in [0.25, 0.3) is 0 Å². The van der Waals surface area contributed by atoms with Crippen molar-refractivity contribution in [1.82, 2.24) is 0 Å². The fraction of sp³-hybridized carbons (Fsp3) is 0.105. The lowest BCUT2D eigenvalue weighted by molar-refractivity contribution is 0.0697. The van der Waals surface area contributed by atoms with Gasteiger partial charge in [0.05, 0.1) is 5.56 Å². The molecule has 0 spiro atoms. The average Bonchev–Trinajstić information content (AvgIpc) is 2.88. The highest BCUT2D eigenvalue weighted by Gasteiger charge is 2.04. The SMILES string of the molecule is Cc1cc2cc(C=Cc3ccc(C(=O)O)cc3)oc2cc1C. The van der Waals surface area contributed by atoms with E-state index in [4.69, 9.17) is 9.52 Å². The minimum absolute atomic E-state index is 0.284. The maximum atomic E-state index is 10.8. The van der Waals surface area contributed by atoms with E-state index >= 15 is 0 Å². The van der Waals surface area contributed by atoms with Crippen molar-refractivity contribution < 1.29 is 14.3 Å². The predicted octanol–water partition coefficient (Wildman–Crippen LogP) is 4.92. The number of benzene rings is 2. The Morgan fingerprint density at radius 2 is 1.68 bits per heavy atom. The van der Waals surface area contributed by atoms with Gasteiger partial charge in [0.2, 0.25) is 0 Å². The zero-order chi connectivity index (χ0) is 15.7. The van der Waals surface area contributed by atoms with Gasteiger partial charge >= 0.3 is 5.97 Å². The van der Waals surface area contributed by atoms with Crippen LogP contribution in [0.3, 0.4) is 0 Å². The van der Waals surface area contributed by atoms with Gasteiger partial charge in [0.15, 0.2) is 0 Å². The van der Waals surface area contributed by atoms with Crippen LogP contribution in [0.4, 0.5) is 0 Å². The van der Waals surface area contributed by atoms with E-state index in [0.717, 1.165) is 22.3 Å². The number of carbonyl (C=O) groups is 1. The smallest absolute Gasteiger partial charge is 0.335 e. The molecule has 3 nitrogen and oxygen atoms in total. The number of furan rings is 1. The molecule has 110 valence electrons. The number of carboxylic acid groups (broad SMARTS) is 1. The van der Waals surface area contributed by atoms with Gasteiger partial charge in [-0.25, -0.2) is 4.79 Å². The Hall–Kier alpha value is -2.81. The molecule has 0 amide bonds. The molecule has 0 aliphatic rings. The fourth-order valence-electron chi connectivity index (χ4n) is 2.32. The summed E-state index contributed by atoms with van der Waals surface area (Å²) in [4.78, 5) is 10.8. The molecule has 0 unspecified atom stereocenters. The molecule has 0 bridgehead atoms. The molecule has 2 aromatic carbocycles. The van der Waals surface area contributed by atoms with Gasteiger partial charge < -0.3 is 9.52 Å². The first kappa shape index (κ1) is 14.1. The Kier molecular flexibility index (Phi) is 3.55. The van der Waals surface area contributed by atoms with E-state index in [9.17, 15) is 4.79 Å². The van der Waals surface area contributed by atoms with Crippen LogP contribution in [0.15, 0.2) is 46.9 Å². The van der Waals surface area contributed by atoms with E-state index < -0.39 is 5.97 Å². The first-order chi connectivity index (χ1) is 10.5. The molecular weight excluding hydrogens is 276 g/mol. The Bertz CT molecular complexity index is 829. The van der Waals surface area contributed by atoms with Gasteiger partial charge in [-0.3, -0.25) is 0 Å². The molecule has 1 N–H and O–H groups in total. The Morgan fingerprint density at radius 1 is 1.00 bits per heavy atom. The van der Waals surface area contributed by atoms with Crippen molar-refractivity contribution in [3.63, 3.8) is 0 Å². The first-order valence-electron chi connectivity index (χ1n) is 7.05. The van der Waals surface area contributed by atoms with Crippen molar-refractivity contribution in [1.29, 1.82) is 0 Å². The molecule has 1 heterocycles. The molecule has 3 rings (SSSR count). The highest BCUT2D eigenvalue weighted by atomic mass is 16.4. The standard InChI is InChI=1S/C19H16O3/c1-12-9-16-11-17(22-18(16)10-13(12)2)8-5-14-3-6-15(7-4-14)19(20)21/h3-11H,1-2H3,(H,20,21). The third kappa shape index (κ3) is 2.79. The molecule has 0 atom stereocenters. The van der Waals surface area contributed by atoms with Crippen LogP contribution >= 0.6 is 0 Å². The van der Waals surface area contributed by atoms with Gasteiger partial charge in [0.1, 0.15) is 11.3 Å². The molecular formula is C19H16O3. The molecule has 22 heavy (non-hydrogen) atoms. The second-order valence-electron chi connectivity index (χ2n) is 5.38. The van der Waals surface area contributed by atoms with Gasteiger partial charge in [0, 0.05) is 5.39 Å². The number of hydrogen-bond donors (Lipinski definition) is 1. The Morgan fingerprint density at radius 3 is 2.36 bits per heavy atom. The zero-order valence-corrected chi connectivity index (χ0v) is 12.5. The summed E-state index contributed by atoms with van der Waals surface area (Å²) in [5.74, 6) is -0.138. The molecule has 0 aliphatic heterocycles. The van der Waals surface area contributed by atoms with Crippen LogP contribution < -0.4 is 0 Å². The van der Waals surface area contributed by atoms with E-state index in [1.54, 1.807) is 24.3 Å². The molecule has 0 saturated carbocycles. The maximum Gasteiger partial charge on any atom is 0.335 e. The number of hydrogen-bond acceptors (Lipinski definition) is 2. The molecule has 0 saturated heterocycles. The van der Waals surface area contributed by atoms with E-state index in [1.165, 1.54) is 11.1 Å². The highest BCUT2D eigenvalue weighted by molar-refractivity contribution is 5.88. The second-order valence-corrected chi connectivity index (χ2v) is 5.38. The van der Waals surface area contributed by atoms with Crippen molar-refractivity contribution >= 4 is 29.1 Å². The summed E-state index contributed by atoms with van der Waals surface area (Å²) < 4.78 is 5.81. The first-order valence-corrected chi connectivity index (χ1v) is 7.05. The van der Waals surface area contributed by atoms with Crippen molar-refractivity contribution in [2.45, 2.75) is 13.8 Å². The monoisotopic (exact) mass is 292 g/mol. The normalized spacial score (nSPS) is 11.4. The molecule has 3 aromatic rings. The van der Waals surface area contributed by atoms with Crippen molar-refractivity contribution in [3.05, 3.63) is 70.5 Å². The largest absolute Gasteiger partial charge is 0.478 e. The van der Waals surface area contributed by atoms with Gasteiger partial charge in [-0.2, -0.15) is 0 Å². The van der Waals surface area contributed by atoms with Crippen molar-refractivity contribution in [2.75, 3.05) is 0 Å². The molecule has 3 heteroatoms. The summed E-state index contributed by atoms with van der Waals surface area (Å²) in [6.45, 7) is 4.15. The van der Waals surface area contributed by atoms with Gasteiger partial charge in [-0.05, 0) is 66.9 Å². The quantitative estimate of drug-likeness (QED) is 0.745. The fourth-order valence-corrected chi connectivity index (χ4v) is 2.32. The third-order valence-electron chi connectivity index (χ3n) is 3.75. The second kappa shape index (κ2) is 5.53. The molecule has 1 aromatic heterocycles. The lowest BCUT2D eigenvalue weighted by atomic mass is 10.1. The van der Waals surface area contributed by atoms with Crippen molar-refractivity contribution in [3.8, 4) is 0 Å². The summed E-state index contributed by atoms with van der Waals surface area (Å²) in [5.41, 5.74) is 4.54. The summed E-state index contributed by atoms with van der Waals surface area (Å²) in [6, 6.07) is 12.9. The number of carboxylic acids is 1.